The average Bonchev–Trinajstić information content (AvgIpc) is 2.47. The van der Waals surface area contributed by atoms with Crippen molar-refractivity contribution >= 4 is 29.2 Å². The Labute approximate surface area is 115 Å². The van der Waals surface area contributed by atoms with Crippen molar-refractivity contribution in [3.05, 3.63) is 29.8 Å². The molecule has 0 saturated carbocycles. The summed E-state index contributed by atoms with van der Waals surface area (Å²) in [6, 6.07) is 6.49. The second-order valence-electron chi connectivity index (χ2n) is 4.08. The smallest absolute Gasteiger partial charge is 0.339 e. The molecule has 1 aliphatic rings. The lowest BCUT2D eigenvalue weighted by Crippen LogP contribution is -2.33. The summed E-state index contributed by atoms with van der Waals surface area (Å²) < 4.78 is 4.64. The highest BCUT2D eigenvalue weighted by molar-refractivity contribution is 6.43. The van der Waals surface area contributed by atoms with Crippen LogP contribution >= 0.6 is 0 Å². The fourth-order valence-corrected chi connectivity index (χ4v) is 1.71. The predicted octanol–water partition coefficient (Wildman–Crippen LogP) is 0.678. The zero-order valence-corrected chi connectivity index (χ0v) is 10.8. The highest BCUT2D eigenvalue weighted by Crippen LogP contribution is 2.16. The van der Waals surface area contributed by atoms with Crippen molar-refractivity contribution < 1.29 is 19.1 Å². The molecule has 1 heterocycles. The number of carbonyl (C=O) groups is 3. The number of esters is 1. The zero-order valence-electron chi connectivity index (χ0n) is 10.8. The molecule has 0 radical (unpaired) electrons. The van der Waals surface area contributed by atoms with Crippen molar-refractivity contribution in [1.29, 1.82) is 0 Å². The number of anilines is 1. The van der Waals surface area contributed by atoms with E-state index in [1.807, 2.05) is 0 Å². The first-order chi connectivity index (χ1) is 9.61. The number of hydrogen-bond acceptors (Lipinski definition) is 5. The molecule has 2 amide bonds. The first-order valence-corrected chi connectivity index (χ1v) is 5.96. The quantitative estimate of drug-likeness (QED) is 0.792. The van der Waals surface area contributed by atoms with E-state index in [-0.39, 0.29) is 30.0 Å². The van der Waals surface area contributed by atoms with Crippen LogP contribution in [-0.2, 0) is 14.3 Å². The van der Waals surface area contributed by atoms with Gasteiger partial charge in [0.2, 0.25) is 5.91 Å². The number of nitrogens with zero attached hydrogens (tertiary/aromatic N) is 1. The fraction of sp³-hybridized carbons (Fsp3) is 0.231. The molecule has 7 nitrogen and oxygen atoms in total. The third kappa shape index (κ3) is 3.00. The number of hydrazone groups is 1. The highest BCUT2D eigenvalue weighted by Gasteiger charge is 2.20. The fourth-order valence-electron chi connectivity index (χ4n) is 1.71. The number of para-hydroxylation sites is 1. The molecule has 7 heteroatoms. The van der Waals surface area contributed by atoms with Gasteiger partial charge in [-0.2, -0.15) is 5.10 Å². The summed E-state index contributed by atoms with van der Waals surface area (Å²) >= 11 is 0. The second kappa shape index (κ2) is 5.96. The molecular formula is C13H13N3O4. The zero-order chi connectivity index (χ0) is 14.5. The van der Waals surface area contributed by atoms with Gasteiger partial charge in [-0.3, -0.25) is 9.59 Å². The Morgan fingerprint density at radius 1 is 1.30 bits per heavy atom. The standard InChI is InChI=1S/C13H13N3O4/c1-20-13(19)8-4-2-3-5-9(8)14-12(18)10-6-7-11(17)16-15-10/h2-5H,6-7H2,1H3,(H,14,18)(H,16,17). The molecule has 20 heavy (non-hydrogen) atoms. The van der Waals surface area contributed by atoms with E-state index in [1.54, 1.807) is 24.3 Å². The molecule has 0 spiro atoms. The number of ether oxygens (including phenoxy) is 1. The van der Waals surface area contributed by atoms with E-state index in [4.69, 9.17) is 0 Å². The second-order valence-corrected chi connectivity index (χ2v) is 4.08. The molecule has 1 aliphatic heterocycles. The lowest BCUT2D eigenvalue weighted by atomic mass is 10.1. The van der Waals surface area contributed by atoms with E-state index in [1.165, 1.54) is 7.11 Å². The SMILES string of the molecule is COC(=O)c1ccccc1NC(=O)C1=NNC(=O)CC1. The molecule has 2 rings (SSSR count). The van der Waals surface area contributed by atoms with Gasteiger partial charge in [-0.05, 0) is 12.1 Å². The Morgan fingerprint density at radius 3 is 2.70 bits per heavy atom. The first kappa shape index (κ1) is 13.7. The maximum atomic E-state index is 12.0. The normalized spacial score (nSPS) is 14.1. The predicted molar refractivity (Wildman–Crippen MR) is 71.2 cm³/mol. The Kier molecular flexibility index (Phi) is 4.09. The van der Waals surface area contributed by atoms with Crippen LogP contribution in [0.1, 0.15) is 23.2 Å². The van der Waals surface area contributed by atoms with E-state index >= 15 is 0 Å². The van der Waals surface area contributed by atoms with Crippen LogP contribution in [-0.4, -0.2) is 30.6 Å². The van der Waals surface area contributed by atoms with Crippen LogP contribution in [0.2, 0.25) is 0 Å². The summed E-state index contributed by atoms with van der Waals surface area (Å²) in [5.41, 5.74) is 3.05. The lowest BCUT2D eigenvalue weighted by molar-refractivity contribution is -0.121. The van der Waals surface area contributed by atoms with Crippen LogP contribution in [0.3, 0.4) is 0 Å². The largest absolute Gasteiger partial charge is 0.465 e. The monoisotopic (exact) mass is 275 g/mol. The molecule has 2 N–H and O–H groups in total. The van der Waals surface area contributed by atoms with E-state index in [0.29, 0.717) is 5.69 Å². The van der Waals surface area contributed by atoms with Gasteiger partial charge in [0, 0.05) is 12.8 Å². The molecule has 0 unspecified atom stereocenters. The first-order valence-electron chi connectivity index (χ1n) is 5.96. The van der Waals surface area contributed by atoms with E-state index in [0.717, 1.165) is 0 Å². The number of benzene rings is 1. The minimum absolute atomic E-state index is 0.212. The number of hydrogen-bond donors (Lipinski definition) is 2. The molecule has 1 aromatic rings. The van der Waals surface area contributed by atoms with Crippen LogP contribution < -0.4 is 10.7 Å². The number of methoxy groups -OCH3 is 1. The molecule has 0 bridgehead atoms. The average molecular weight is 275 g/mol. The van der Waals surface area contributed by atoms with Gasteiger partial charge in [0.15, 0.2) is 0 Å². The van der Waals surface area contributed by atoms with Gasteiger partial charge in [0.25, 0.3) is 5.91 Å². The third-order valence-electron chi connectivity index (χ3n) is 2.75. The van der Waals surface area contributed by atoms with Crippen molar-refractivity contribution in [2.45, 2.75) is 12.8 Å². The lowest BCUT2D eigenvalue weighted by Gasteiger charge is -2.13. The maximum Gasteiger partial charge on any atom is 0.339 e. The summed E-state index contributed by atoms with van der Waals surface area (Å²) in [5.74, 6) is -1.22. The van der Waals surface area contributed by atoms with Gasteiger partial charge in [-0.15, -0.1) is 0 Å². The molecule has 0 aliphatic carbocycles. The van der Waals surface area contributed by atoms with Crippen LogP contribution in [0, 0.1) is 0 Å². The Bertz CT molecular complexity index is 595. The van der Waals surface area contributed by atoms with Gasteiger partial charge in [-0.1, -0.05) is 12.1 Å². The van der Waals surface area contributed by atoms with Crippen molar-refractivity contribution in [1.82, 2.24) is 5.43 Å². The number of carbonyl (C=O) groups excluding carboxylic acids is 3. The molecular weight excluding hydrogens is 262 g/mol. The van der Waals surface area contributed by atoms with Gasteiger partial charge in [0.1, 0.15) is 5.71 Å². The van der Waals surface area contributed by atoms with Crippen LogP contribution in [0.5, 0.6) is 0 Å². The van der Waals surface area contributed by atoms with Crippen molar-refractivity contribution in [2.75, 3.05) is 12.4 Å². The molecule has 104 valence electrons. The molecule has 0 fully saturated rings. The van der Waals surface area contributed by atoms with Crippen LogP contribution in [0.15, 0.2) is 29.4 Å². The minimum Gasteiger partial charge on any atom is -0.465 e. The summed E-state index contributed by atoms with van der Waals surface area (Å²) in [7, 11) is 1.27. The summed E-state index contributed by atoms with van der Waals surface area (Å²) in [6.07, 6.45) is 0.475. The molecule has 0 saturated heterocycles. The summed E-state index contributed by atoms with van der Waals surface area (Å²) in [4.78, 5) is 34.5. The summed E-state index contributed by atoms with van der Waals surface area (Å²) in [5, 5.41) is 6.28. The summed E-state index contributed by atoms with van der Waals surface area (Å²) in [6.45, 7) is 0. The number of amides is 2. The topological polar surface area (TPSA) is 96.9 Å². The molecule has 1 aromatic carbocycles. The van der Waals surface area contributed by atoms with E-state index < -0.39 is 11.9 Å². The van der Waals surface area contributed by atoms with Crippen LogP contribution in [0.25, 0.3) is 0 Å². The van der Waals surface area contributed by atoms with Gasteiger partial charge < -0.3 is 10.1 Å². The molecule has 0 aromatic heterocycles. The van der Waals surface area contributed by atoms with Crippen LogP contribution in [0.4, 0.5) is 5.69 Å². The Hall–Kier alpha value is -2.70. The van der Waals surface area contributed by atoms with Crippen molar-refractivity contribution in [2.24, 2.45) is 5.10 Å². The van der Waals surface area contributed by atoms with Gasteiger partial charge in [0.05, 0.1) is 18.4 Å². The van der Waals surface area contributed by atoms with E-state index in [9.17, 15) is 14.4 Å². The van der Waals surface area contributed by atoms with Gasteiger partial charge in [-0.25, -0.2) is 10.2 Å². The number of rotatable bonds is 3. The minimum atomic E-state index is -0.542. The number of nitrogens with one attached hydrogen (secondary N) is 2. The van der Waals surface area contributed by atoms with Gasteiger partial charge >= 0.3 is 5.97 Å². The molecule has 0 atom stereocenters. The maximum absolute atomic E-state index is 12.0. The highest BCUT2D eigenvalue weighted by atomic mass is 16.5. The Balaban J connectivity index is 2.16. The van der Waals surface area contributed by atoms with E-state index in [2.05, 4.69) is 20.6 Å². The van der Waals surface area contributed by atoms with Crippen molar-refractivity contribution in [3.63, 3.8) is 0 Å². The van der Waals surface area contributed by atoms with Crippen molar-refractivity contribution in [3.8, 4) is 0 Å². The Morgan fingerprint density at radius 2 is 2.05 bits per heavy atom. The third-order valence-corrected chi connectivity index (χ3v) is 2.75.